The third kappa shape index (κ3) is 5.43. The zero-order valence-corrected chi connectivity index (χ0v) is 20.7. The predicted octanol–water partition coefficient (Wildman–Crippen LogP) is 5.79. The molecule has 4 rings (SSSR count). The van der Waals surface area contributed by atoms with Gasteiger partial charge in [-0.15, -0.1) is 0 Å². The second-order valence-corrected chi connectivity index (χ2v) is 10.9. The highest BCUT2D eigenvalue weighted by atomic mass is 35.5. The molecule has 0 aromatic heterocycles. The number of halogens is 1. The summed E-state index contributed by atoms with van der Waals surface area (Å²) >= 11 is 6.17. The highest BCUT2D eigenvalue weighted by Gasteiger charge is 2.34. The third-order valence-corrected chi connectivity index (χ3v) is 8.13. The number of anilines is 1. The first-order valence-electron chi connectivity index (χ1n) is 11.1. The van der Waals surface area contributed by atoms with Gasteiger partial charge in [0.15, 0.2) is 5.75 Å². The number of hydrogen-bond acceptors (Lipinski definition) is 4. The van der Waals surface area contributed by atoms with E-state index in [0.29, 0.717) is 52.1 Å². The van der Waals surface area contributed by atoms with Crippen molar-refractivity contribution in [1.82, 2.24) is 4.31 Å². The van der Waals surface area contributed by atoms with Crippen LogP contribution in [0.15, 0.2) is 71.6 Å². The fraction of sp³-hybridized carbons (Fsp3) is 0.269. The number of para-hydroxylation sites is 1. The van der Waals surface area contributed by atoms with Gasteiger partial charge < -0.3 is 10.1 Å². The van der Waals surface area contributed by atoms with Crippen molar-refractivity contribution in [2.24, 2.45) is 5.92 Å². The van der Waals surface area contributed by atoms with Gasteiger partial charge in [0.2, 0.25) is 15.9 Å². The first-order valence-corrected chi connectivity index (χ1v) is 13.0. The third-order valence-electron chi connectivity index (χ3n) is 5.89. The van der Waals surface area contributed by atoms with Crippen LogP contribution in [0.5, 0.6) is 11.5 Å². The number of aryl methyl sites for hydroxylation is 2. The van der Waals surface area contributed by atoms with Crippen LogP contribution >= 0.6 is 11.6 Å². The van der Waals surface area contributed by atoms with Crippen LogP contribution < -0.4 is 10.1 Å². The Morgan fingerprint density at radius 2 is 1.82 bits per heavy atom. The van der Waals surface area contributed by atoms with E-state index in [1.807, 2.05) is 49.4 Å². The molecule has 1 atom stereocenters. The number of sulfonamides is 1. The molecule has 8 heteroatoms. The Labute approximate surface area is 205 Å². The Hall–Kier alpha value is -2.87. The molecule has 178 valence electrons. The fourth-order valence-corrected chi connectivity index (χ4v) is 6.04. The highest BCUT2D eigenvalue weighted by Crippen LogP contribution is 2.33. The Balaban J connectivity index is 1.52. The van der Waals surface area contributed by atoms with Crippen molar-refractivity contribution in [2.75, 3.05) is 18.4 Å². The van der Waals surface area contributed by atoms with E-state index in [-0.39, 0.29) is 12.5 Å². The van der Waals surface area contributed by atoms with E-state index < -0.39 is 15.9 Å². The number of nitrogens with zero attached hydrogens (tertiary/aromatic N) is 1. The summed E-state index contributed by atoms with van der Waals surface area (Å²) in [6.07, 6.45) is 1.20. The van der Waals surface area contributed by atoms with Gasteiger partial charge in [-0.3, -0.25) is 4.79 Å². The maximum absolute atomic E-state index is 13.3. The molecule has 3 aromatic carbocycles. The van der Waals surface area contributed by atoms with Crippen LogP contribution in [0.2, 0.25) is 5.02 Å². The predicted molar refractivity (Wildman–Crippen MR) is 134 cm³/mol. The summed E-state index contributed by atoms with van der Waals surface area (Å²) in [5.41, 5.74) is 2.01. The lowest BCUT2D eigenvalue weighted by Crippen LogP contribution is -2.43. The first kappa shape index (κ1) is 24.3. The molecule has 1 heterocycles. The number of ether oxygens (including phenoxy) is 1. The molecule has 0 spiro atoms. The number of carbonyl (C=O) groups excluding carboxylic acids is 1. The summed E-state index contributed by atoms with van der Waals surface area (Å²) in [6.45, 7) is 4.16. The maximum Gasteiger partial charge on any atom is 0.243 e. The van der Waals surface area contributed by atoms with Crippen molar-refractivity contribution in [3.05, 3.63) is 82.9 Å². The van der Waals surface area contributed by atoms with Gasteiger partial charge in [-0.05, 0) is 74.2 Å². The average Bonchev–Trinajstić information content (AvgIpc) is 2.83. The van der Waals surface area contributed by atoms with Crippen LogP contribution in [-0.2, 0) is 14.8 Å². The summed E-state index contributed by atoms with van der Waals surface area (Å²) in [7, 11) is -3.70. The van der Waals surface area contributed by atoms with E-state index in [2.05, 4.69) is 5.32 Å². The molecule has 1 aliphatic rings. The normalized spacial score (nSPS) is 16.7. The highest BCUT2D eigenvalue weighted by molar-refractivity contribution is 7.89. The lowest BCUT2D eigenvalue weighted by molar-refractivity contribution is -0.120. The van der Waals surface area contributed by atoms with Crippen molar-refractivity contribution < 1.29 is 17.9 Å². The SMILES string of the molecule is Cc1ccc(C)c(S(=O)(=O)N2CCCC(C(=O)Nc3cc(Cl)ccc3Oc3ccccc3)C2)c1. The molecule has 3 aromatic rings. The molecule has 6 nitrogen and oxygen atoms in total. The number of amides is 1. The zero-order valence-electron chi connectivity index (χ0n) is 19.1. The lowest BCUT2D eigenvalue weighted by Gasteiger charge is -2.31. The van der Waals surface area contributed by atoms with Crippen LogP contribution in [0.3, 0.4) is 0 Å². The van der Waals surface area contributed by atoms with Gasteiger partial charge in [0, 0.05) is 18.1 Å². The van der Waals surface area contributed by atoms with Crippen molar-refractivity contribution in [1.29, 1.82) is 0 Å². The molecule has 0 saturated carbocycles. The largest absolute Gasteiger partial charge is 0.455 e. The maximum atomic E-state index is 13.3. The number of piperidine rings is 1. The second kappa shape index (κ2) is 10.2. The quantitative estimate of drug-likeness (QED) is 0.466. The fourth-order valence-electron chi connectivity index (χ4n) is 4.04. The minimum Gasteiger partial charge on any atom is -0.455 e. The van der Waals surface area contributed by atoms with Crippen LogP contribution in [0.4, 0.5) is 5.69 Å². The zero-order chi connectivity index (χ0) is 24.3. The van der Waals surface area contributed by atoms with Crippen LogP contribution in [0, 0.1) is 19.8 Å². The van der Waals surface area contributed by atoms with Crippen LogP contribution in [-0.4, -0.2) is 31.7 Å². The molecule has 1 unspecified atom stereocenters. The van der Waals surface area contributed by atoms with E-state index in [1.54, 1.807) is 31.2 Å². The Morgan fingerprint density at radius 1 is 1.06 bits per heavy atom. The average molecular weight is 499 g/mol. The Bertz CT molecular complexity index is 1300. The molecule has 1 amide bonds. The summed E-state index contributed by atoms with van der Waals surface area (Å²) in [6, 6.07) is 19.6. The summed E-state index contributed by atoms with van der Waals surface area (Å²) in [4.78, 5) is 13.5. The number of benzene rings is 3. The summed E-state index contributed by atoms with van der Waals surface area (Å²) < 4.78 is 34.0. The number of hydrogen-bond donors (Lipinski definition) is 1. The Morgan fingerprint density at radius 3 is 2.59 bits per heavy atom. The number of carbonyl (C=O) groups is 1. The molecule has 0 radical (unpaired) electrons. The Kier molecular flexibility index (Phi) is 7.26. The van der Waals surface area contributed by atoms with E-state index in [9.17, 15) is 13.2 Å². The lowest BCUT2D eigenvalue weighted by atomic mass is 9.98. The molecular weight excluding hydrogens is 472 g/mol. The molecular formula is C26H27ClN2O4S. The van der Waals surface area contributed by atoms with E-state index in [1.165, 1.54) is 4.31 Å². The molecule has 1 saturated heterocycles. The molecule has 1 N–H and O–H groups in total. The van der Waals surface area contributed by atoms with Crippen molar-refractivity contribution >= 4 is 33.2 Å². The summed E-state index contributed by atoms with van der Waals surface area (Å²) in [5, 5.41) is 3.36. The molecule has 1 aliphatic heterocycles. The second-order valence-electron chi connectivity index (χ2n) is 8.52. The van der Waals surface area contributed by atoms with Crippen LogP contribution in [0.1, 0.15) is 24.0 Å². The molecule has 34 heavy (non-hydrogen) atoms. The molecule has 0 bridgehead atoms. The van der Waals surface area contributed by atoms with E-state index in [0.717, 1.165) is 5.56 Å². The van der Waals surface area contributed by atoms with Gasteiger partial charge >= 0.3 is 0 Å². The molecule has 0 aliphatic carbocycles. The topological polar surface area (TPSA) is 75.7 Å². The number of rotatable bonds is 6. The minimum atomic E-state index is -3.70. The standard InChI is InChI=1S/C26H27ClN2O4S/c1-18-10-11-19(2)25(15-18)34(31,32)29-14-6-7-20(17-29)26(30)28-23-16-21(27)12-13-24(23)33-22-8-4-3-5-9-22/h3-5,8-13,15-16,20H,6-7,14,17H2,1-2H3,(H,28,30). The van der Waals surface area contributed by atoms with E-state index in [4.69, 9.17) is 16.3 Å². The van der Waals surface area contributed by atoms with Gasteiger partial charge in [-0.1, -0.05) is 41.9 Å². The van der Waals surface area contributed by atoms with Gasteiger partial charge in [-0.25, -0.2) is 8.42 Å². The van der Waals surface area contributed by atoms with Gasteiger partial charge in [0.05, 0.1) is 16.5 Å². The molecule has 1 fully saturated rings. The number of nitrogens with one attached hydrogen (secondary N) is 1. The minimum absolute atomic E-state index is 0.122. The van der Waals surface area contributed by atoms with Crippen molar-refractivity contribution in [3.63, 3.8) is 0 Å². The monoisotopic (exact) mass is 498 g/mol. The van der Waals surface area contributed by atoms with Crippen molar-refractivity contribution in [3.8, 4) is 11.5 Å². The van der Waals surface area contributed by atoms with Crippen molar-refractivity contribution in [2.45, 2.75) is 31.6 Å². The van der Waals surface area contributed by atoms with Gasteiger partial charge in [0.25, 0.3) is 0 Å². The summed E-state index contributed by atoms with van der Waals surface area (Å²) in [5.74, 6) is 0.335. The van der Waals surface area contributed by atoms with Gasteiger partial charge in [0.1, 0.15) is 5.75 Å². The van der Waals surface area contributed by atoms with E-state index >= 15 is 0 Å². The smallest absolute Gasteiger partial charge is 0.243 e. The first-order chi connectivity index (χ1) is 16.2. The van der Waals surface area contributed by atoms with Crippen LogP contribution in [0.25, 0.3) is 0 Å². The van der Waals surface area contributed by atoms with Gasteiger partial charge in [-0.2, -0.15) is 4.31 Å².